The standard InChI is InChI=1S/C12H19N3O3/c1-11(2,3)18-10(17)15-6-12(7-15)5-8(16)4-9(13)14-12/h4-7H2,1-3H3,(H2,13,14). The summed E-state index contributed by atoms with van der Waals surface area (Å²) in [6.45, 7) is 6.28. The van der Waals surface area contributed by atoms with Crippen molar-refractivity contribution < 1.29 is 14.3 Å². The third kappa shape index (κ3) is 2.63. The maximum atomic E-state index is 11.8. The second-order valence-corrected chi connectivity index (χ2v) is 6.06. The molecule has 2 heterocycles. The van der Waals surface area contributed by atoms with Crippen molar-refractivity contribution >= 4 is 17.7 Å². The number of ether oxygens (including phenoxy) is 1. The molecule has 6 heteroatoms. The quantitative estimate of drug-likeness (QED) is 0.688. The molecule has 0 aromatic heterocycles. The van der Waals surface area contributed by atoms with E-state index in [1.165, 1.54) is 0 Å². The molecule has 2 aliphatic rings. The van der Waals surface area contributed by atoms with Crippen LogP contribution in [0.4, 0.5) is 4.79 Å². The highest BCUT2D eigenvalue weighted by Crippen LogP contribution is 2.33. The van der Waals surface area contributed by atoms with E-state index in [1.807, 2.05) is 20.8 Å². The highest BCUT2D eigenvalue weighted by molar-refractivity contribution is 6.03. The van der Waals surface area contributed by atoms with Crippen LogP contribution in [-0.4, -0.2) is 46.8 Å². The van der Waals surface area contributed by atoms with Gasteiger partial charge in [0, 0.05) is 6.42 Å². The van der Waals surface area contributed by atoms with E-state index in [0.717, 1.165) is 0 Å². The van der Waals surface area contributed by atoms with Crippen LogP contribution in [0.2, 0.25) is 0 Å². The van der Waals surface area contributed by atoms with Crippen LogP contribution in [-0.2, 0) is 9.53 Å². The molecular weight excluding hydrogens is 234 g/mol. The van der Waals surface area contributed by atoms with Crippen LogP contribution in [0.5, 0.6) is 0 Å². The van der Waals surface area contributed by atoms with Crippen molar-refractivity contribution in [2.24, 2.45) is 10.7 Å². The van der Waals surface area contributed by atoms with E-state index in [1.54, 1.807) is 4.90 Å². The predicted molar refractivity (Wildman–Crippen MR) is 66.4 cm³/mol. The summed E-state index contributed by atoms with van der Waals surface area (Å²) in [5.74, 6) is 0.460. The number of nitrogens with two attached hydrogens (primary N) is 1. The lowest BCUT2D eigenvalue weighted by Gasteiger charge is -2.48. The van der Waals surface area contributed by atoms with Crippen LogP contribution < -0.4 is 5.73 Å². The van der Waals surface area contributed by atoms with Gasteiger partial charge in [-0.2, -0.15) is 0 Å². The summed E-state index contributed by atoms with van der Waals surface area (Å²) in [6.07, 6.45) is 0.237. The smallest absolute Gasteiger partial charge is 0.410 e. The maximum Gasteiger partial charge on any atom is 0.410 e. The first-order valence-electron chi connectivity index (χ1n) is 6.03. The number of Topliss-reactive ketones (excluding diaryl/α,β-unsaturated/α-hetero) is 1. The van der Waals surface area contributed by atoms with Crippen LogP contribution in [0.3, 0.4) is 0 Å². The topological polar surface area (TPSA) is 85.0 Å². The monoisotopic (exact) mass is 253 g/mol. The fourth-order valence-corrected chi connectivity index (χ4v) is 2.32. The van der Waals surface area contributed by atoms with Gasteiger partial charge in [-0.1, -0.05) is 0 Å². The Morgan fingerprint density at radius 3 is 2.56 bits per heavy atom. The highest BCUT2D eigenvalue weighted by atomic mass is 16.6. The summed E-state index contributed by atoms with van der Waals surface area (Å²) in [6, 6.07) is 0. The predicted octanol–water partition coefficient (Wildman–Crippen LogP) is 0.696. The first-order valence-corrected chi connectivity index (χ1v) is 6.03. The molecule has 0 aliphatic carbocycles. The third-order valence-electron chi connectivity index (χ3n) is 2.91. The molecule has 2 aliphatic heterocycles. The minimum Gasteiger partial charge on any atom is -0.444 e. The van der Waals surface area contributed by atoms with Gasteiger partial charge in [-0.25, -0.2) is 4.79 Å². The molecule has 1 fully saturated rings. The number of amides is 1. The van der Waals surface area contributed by atoms with Crippen LogP contribution in [0.15, 0.2) is 4.99 Å². The highest BCUT2D eigenvalue weighted by Gasteiger charge is 2.49. The minimum absolute atomic E-state index is 0.0892. The number of ketones is 1. The molecule has 0 bridgehead atoms. The van der Waals surface area contributed by atoms with E-state index in [2.05, 4.69) is 4.99 Å². The Kier molecular flexibility index (Phi) is 2.83. The molecule has 18 heavy (non-hydrogen) atoms. The number of likely N-dealkylation sites (tertiary alicyclic amines) is 1. The molecule has 1 spiro atoms. The van der Waals surface area contributed by atoms with Crippen molar-refractivity contribution in [3.05, 3.63) is 0 Å². The largest absolute Gasteiger partial charge is 0.444 e. The fourth-order valence-electron chi connectivity index (χ4n) is 2.32. The molecular formula is C12H19N3O3. The van der Waals surface area contributed by atoms with Crippen molar-refractivity contribution in [1.29, 1.82) is 0 Å². The maximum absolute atomic E-state index is 11.8. The zero-order chi connectivity index (χ0) is 13.6. The number of amidine groups is 1. The molecule has 2 N–H and O–H groups in total. The average molecular weight is 253 g/mol. The normalized spacial score (nSPS) is 22.5. The molecule has 0 atom stereocenters. The molecule has 0 unspecified atom stereocenters. The Bertz CT molecular complexity index is 417. The molecule has 0 radical (unpaired) electrons. The minimum atomic E-state index is -0.509. The van der Waals surface area contributed by atoms with Gasteiger partial charge in [-0.3, -0.25) is 9.79 Å². The average Bonchev–Trinajstić information content (AvgIpc) is 2.08. The molecule has 2 rings (SSSR count). The van der Waals surface area contributed by atoms with Crippen LogP contribution in [0.1, 0.15) is 33.6 Å². The molecule has 100 valence electrons. The van der Waals surface area contributed by atoms with Gasteiger partial charge in [0.15, 0.2) is 0 Å². The summed E-state index contributed by atoms with van der Waals surface area (Å²) < 4.78 is 5.25. The van der Waals surface area contributed by atoms with Gasteiger partial charge in [0.2, 0.25) is 0 Å². The van der Waals surface area contributed by atoms with E-state index in [0.29, 0.717) is 25.3 Å². The van der Waals surface area contributed by atoms with Gasteiger partial charge in [-0.15, -0.1) is 0 Å². The summed E-state index contributed by atoms with van der Waals surface area (Å²) in [7, 11) is 0. The van der Waals surface area contributed by atoms with Crippen molar-refractivity contribution in [3.8, 4) is 0 Å². The summed E-state index contributed by atoms with van der Waals surface area (Å²) >= 11 is 0. The zero-order valence-corrected chi connectivity index (χ0v) is 11.0. The summed E-state index contributed by atoms with van der Waals surface area (Å²) in [5.41, 5.74) is 4.63. The molecule has 1 saturated heterocycles. The lowest BCUT2D eigenvalue weighted by Crippen LogP contribution is -2.65. The number of hydrogen-bond donors (Lipinski definition) is 1. The number of aliphatic imine (C=N–C) groups is 1. The first kappa shape index (κ1) is 12.9. The molecule has 1 amide bonds. The second-order valence-electron chi connectivity index (χ2n) is 6.06. The van der Waals surface area contributed by atoms with Crippen molar-refractivity contribution in [2.75, 3.05) is 13.1 Å². The zero-order valence-electron chi connectivity index (χ0n) is 11.0. The Hall–Kier alpha value is -1.59. The van der Waals surface area contributed by atoms with Crippen molar-refractivity contribution in [2.45, 2.75) is 44.8 Å². The van der Waals surface area contributed by atoms with Gasteiger partial charge in [-0.05, 0) is 20.8 Å². The van der Waals surface area contributed by atoms with Gasteiger partial charge in [0.25, 0.3) is 0 Å². The van der Waals surface area contributed by atoms with E-state index in [4.69, 9.17) is 10.5 Å². The van der Waals surface area contributed by atoms with E-state index in [-0.39, 0.29) is 18.3 Å². The molecule has 0 aromatic carbocycles. The Balaban J connectivity index is 1.96. The Morgan fingerprint density at radius 1 is 1.44 bits per heavy atom. The number of rotatable bonds is 0. The lowest BCUT2D eigenvalue weighted by molar-refractivity contribution is -0.121. The van der Waals surface area contributed by atoms with Crippen molar-refractivity contribution in [1.82, 2.24) is 4.90 Å². The molecule has 6 nitrogen and oxygen atoms in total. The molecule has 0 aromatic rings. The van der Waals surface area contributed by atoms with Gasteiger partial charge < -0.3 is 15.4 Å². The fraction of sp³-hybridized carbons (Fsp3) is 0.750. The van der Waals surface area contributed by atoms with Crippen LogP contribution >= 0.6 is 0 Å². The second kappa shape index (κ2) is 3.96. The molecule has 0 saturated carbocycles. The van der Waals surface area contributed by atoms with Crippen LogP contribution in [0, 0.1) is 0 Å². The SMILES string of the molecule is CC(C)(C)OC(=O)N1CC2(CC(=O)CC(N)=N2)C1. The summed E-state index contributed by atoms with van der Waals surface area (Å²) in [5, 5.41) is 0. The van der Waals surface area contributed by atoms with Gasteiger partial charge in [0.1, 0.15) is 22.8 Å². The lowest BCUT2D eigenvalue weighted by atomic mass is 9.82. The van der Waals surface area contributed by atoms with E-state index >= 15 is 0 Å². The van der Waals surface area contributed by atoms with Gasteiger partial charge >= 0.3 is 6.09 Å². The first-order chi connectivity index (χ1) is 8.19. The van der Waals surface area contributed by atoms with Crippen molar-refractivity contribution in [3.63, 3.8) is 0 Å². The number of hydrogen-bond acceptors (Lipinski definition) is 5. The Labute approximate surface area is 106 Å². The summed E-state index contributed by atoms with van der Waals surface area (Å²) in [4.78, 5) is 29.1. The Morgan fingerprint density at radius 2 is 2.06 bits per heavy atom. The van der Waals surface area contributed by atoms with Crippen LogP contribution in [0.25, 0.3) is 0 Å². The van der Waals surface area contributed by atoms with E-state index < -0.39 is 11.1 Å². The third-order valence-corrected chi connectivity index (χ3v) is 2.91. The van der Waals surface area contributed by atoms with Gasteiger partial charge in [0.05, 0.1) is 19.5 Å². The number of carbonyl (C=O) groups excluding carboxylic acids is 2. The number of carbonyl (C=O) groups is 2. The number of nitrogens with zero attached hydrogens (tertiary/aromatic N) is 2. The van der Waals surface area contributed by atoms with E-state index in [9.17, 15) is 9.59 Å².